The monoisotopic (exact) mass is 556 g/mol. The van der Waals surface area contributed by atoms with E-state index in [9.17, 15) is 4.79 Å². The predicted molar refractivity (Wildman–Crippen MR) is 134 cm³/mol. The van der Waals surface area contributed by atoms with E-state index in [0.29, 0.717) is 36.1 Å². The minimum absolute atomic E-state index is 0. The number of nitrogens with zero attached hydrogens (tertiary/aromatic N) is 2. The molecule has 0 atom stereocenters. The molecule has 8 nitrogen and oxygen atoms in total. The number of aliphatic imine (C=N–C) groups is 1. The molecule has 0 radical (unpaired) electrons. The summed E-state index contributed by atoms with van der Waals surface area (Å²) in [6.07, 6.45) is 0. The van der Waals surface area contributed by atoms with Crippen molar-refractivity contribution < 1.29 is 18.7 Å². The second-order valence-electron chi connectivity index (χ2n) is 7.38. The summed E-state index contributed by atoms with van der Waals surface area (Å²) in [6.45, 7) is 9.90. The molecule has 32 heavy (non-hydrogen) atoms. The third-order valence-corrected chi connectivity index (χ3v) is 5.17. The number of hydrogen-bond donors (Lipinski definition) is 2. The third-order valence-electron chi connectivity index (χ3n) is 5.17. The smallest absolute Gasteiger partial charge is 0.341 e. The van der Waals surface area contributed by atoms with Crippen LogP contribution >= 0.6 is 24.0 Å². The molecule has 0 aliphatic carbocycles. The van der Waals surface area contributed by atoms with Gasteiger partial charge in [-0.15, -0.1) is 24.0 Å². The number of esters is 1. The molecule has 1 saturated heterocycles. The van der Waals surface area contributed by atoms with Crippen LogP contribution in [-0.2, 0) is 29.1 Å². The summed E-state index contributed by atoms with van der Waals surface area (Å²) in [7, 11) is 1.36. The van der Waals surface area contributed by atoms with E-state index in [0.717, 1.165) is 39.4 Å². The standard InChI is InChI=1S/C23H32N4O4.HI/c1-4-24-23(26-15-20-13-21(17(2)31-20)22(28)29-3)25-14-18-7-5-6-8-19(18)16-27-9-11-30-12-10-27;/h5-8,13H,4,9-12,14-16H2,1-3H3,(H2,24,25,26);1H. The summed E-state index contributed by atoms with van der Waals surface area (Å²) < 4.78 is 15.9. The number of nitrogens with one attached hydrogen (secondary N) is 2. The number of morpholine rings is 1. The molecule has 2 aromatic rings. The minimum atomic E-state index is -0.398. The van der Waals surface area contributed by atoms with Crippen LogP contribution in [0, 0.1) is 6.92 Å². The number of aryl methyl sites for hydroxylation is 1. The SMILES string of the molecule is CCNC(=NCc1ccccc1CN1CCOCC1)NCc1cc(C(=O)OC)c(C)o1.I. The molecule has 1 fully saturated rings. The highest BCUT2D eigenvalue weighted by atomic mass is 127. The number of rotatable bonds is 8. The Hall–Kier alpha value is -2.11. The quantitative estimate of drug-likeness (QED) is 0.224. The van der Waals surface area contributed by atoms with E-state index in [4.69, 9.17) is 18.9 Å². The number of halogens is 1. The van der Waals surface area contributed by atoms with Gasteiger partial charge in [-0.1, -0.05) is 24.3 Å². The number of hydrogen-bond acceptors (Lipinski definition) is 6. The molecular weight excluding hydrogens is 523 g/mol. The molecule has 0 spiro atoms. The Labute approximate surface area is 206 Å². The Morgan fingerprint density at radius 1 is 1.19 bits per heavy atom. The molecule has 0 saturated carbocycles. The van der Waals surface area contributed by atoms with Gasteiger partial charge in [0.2, 0.25) is 0 Å². The van der Waals surface area contributed by atoms with Gasteiger partial charge < -0.3 is 24.5 Å². The largest absolute Gasteiger partial charge is 0.465 e. The van der Waals surface area contributed by atoms with E-state index in [2.05, 4.69) is 33.7 Å². The normalized spacial score (nSPS) is 14.5. The molecule has 1 aromatic carbocycles. The third kappa shape index (κ3) is 7.49. The molecule has 0 amide bonds. The van der Waals surface area contributed by atoms with Crippen LogP contribution in [0.5, 0.6) is 0 Å². The van der Waals surface area contributed by atoms with Crippen molar-refractivity contribution in [3.8, 4) is 0 Å². The van der Waals surface area contributed by atoms with Gasteiger partial charge in [-0.05, 0) is 31.0 Å². The average Bonchev–Trinajstić information content (AvgIpc) is 3.17. The van der Waals surface area contributed by atoms with Gasteiger partial charge in [-0.3, -0.25) is 4.90 Å². The topological polar surface area (TPSA) is 88.3 Å². The first-order chi connectivity index (χ1) is 15.1. The summed E-state index contributed by atoms with van der Waals surface area (Å²) in [5.41, 5.74) is 2.93. The lowest BCUT2D eigenvalue weighted by Crippen LogP contribution is -2.37. The van der Waals surface area contributed by atoms with E-state index in [1.54, 1.807) is 13.0 Å². The Kier molecular flexibility index (Phi) is 11.0. The zero-order chi connectivity index (χ0) is 22.1. The van der Waals surface area contributed by atoms with Gasteiger partial charge in [0, 0.05) is 26.2 Å². The number of benzene rings is 1. The van der Waals surface area contributed by atoms with Crippen LogP contribution in [0.2, 0.25) is 0 Å². The maximum absolute atomic E-state index is 11.8. The molecule has 1 aliphatic rings. The summed E-state index contributed by atoms with van der Waals surface area (Å²) in [5.74, 6) is 1.49. The van der Waals surface area contributed by atoms with E-state index < -0.39 is 5.97 Å². The van der Waals surface area contributed by atoms with Crippen molar-refractivity contribution in [2.45, 2.75) is 33.5 Å². The van der Waals surface area contributed by atoms with Crippen LogP contribution in [0.1, 0.15) is 39.9 Å². The fourth-order valence-electron chi connectivity index (χ4n) is 3.49. The number of carbonyl (C=O) groups is 1. The lowest BCUT2D eigenvalue weighted by molar-refractivity contribution is 0.0341. The van der Waals surface area contributed by atoms with Crippen LogP contribution in [0.15, 0.2) is 39.7 Å². The van der Waals surface area contributed by atoms with Crippen molar-refractivity contribution in [3.05, 3.63) is 58.5 Å². The Morgan fingerprint density at radius 2 is 1.91 bits per heavy atom. The number of methoxy groups -OCH3 is 1. The predicted octanol–water partition coefficient (Wildman–Crippen LogP) is 3.08. The first-order valence-corrected chi connectivity index (χ1v) is 10.7. The van der Waals surface area contributed by atoms with Crippen LogP contribution < -0.4 is 10.6 Å². The van der Waals surface area contributed by atoms with Crippen molar-refractivity contribution in [2.75, 3.05) is 40.0 Å². The summed E-state index contributed by atoms with van der Waals surface area (Å²) >= 11 is 0. The maximum Gasteiger partial charge on any atom is 0.341 e. The van der Waals surface area contributed by atoms with Crippen molar-refractivity contribution in [3.63, 3.8) is 0 Å². The number of furan rings is 1. The number of guanidine groups is 1. The molecule has 0 bridgehead atoms. The molecule has 3 rings (SSSR count). The zero-order valence-corrected chi connectivity index (χ0v) is 21.3. The Balaban J connectivity index is 0.00000363. The van der Waals surface area contributed by atoms with E-state index in [-0.39, 0.29) is 24.0 Å². The van der Waals surface area contributed by atoms with Crippen LogP contribution in [0.25, 0.3) is 0 Å². The summed E-state index contributed by atoms with van der Waals surface area (Å²) in [4.78, 5) is 18.9. The highest BCUT2D eigenvalue weighted by molar-refractivity contribution is 14.0. The lowest BCUT2D eigenvalue weighted by Gasteiger charge is -2.27. The molecule has 1 aromatic heterocycles. The van der Waals surface area contributed by atoms with Gasteiger partial charge in [0.25, 0.3) is 0 Å². The number of carbonyl (C=O) groups excluding carboxylic acids is 1. The summed E-state index contributed by atoms with van der Waals surface area (Å²) in [5, 5.41) is 6.53. The highest BCUT2D eigenvalue weighted by Gasteiger charge is 2.16. The molecule has 9 heteroatoms. The molecular formula is C23H33IN4O4. The molecule has 0 unspecified atom stereocenters. The van der Waals surface area contributed by atoms with Gasteiger partial charge in [0.05, 0.1) is 33.4 Å². The van der Waals surface area contributed by atoms with Crippen molar-refractivity contribution in [1.82, 2.24) is 15.5 Å². The van der Waals surface area contributed by atoms with Gasteiger partial charge in [0.15, 0.2) is 5.96 Å². The fraction of sp³-hybridized carbons (Fsp3) is 0.478. The van der Waals surface area contributed by atoms with Gasteiger partial charge >= 0.3 is 5.97 Å². The molecule has 2 N–H and O–H groups in total. The average molecular weight is 556 g/mol. The van der Waals surface area contributed by atoms with E-state index in [1.807, 2.05) is 13.0 Å². The lowest BCUT2D eigenvalue weighted by atomic mass is 10.1. The zero-order valence-electron chi connectivity index (χ0n) is 19.0. The van der Waals surface area contributed by atoms with Gasteiger partial charge in [-0.25, -0.2) is 9.79 Å². The molecule has 1 aliphatic heterocycles. The molecule has 2 heterocycles. The fourth-order valence-corrected chi connectivity index (χ4v) is 3.49. The van der Waals surface area contributed by atoms with Crippen molar-refractivity contribution >= 4 is 35.9 Å². The van der Waals surface area contributed by atoms with Crippen molar-refractivity contribution in [1.29, 1.82) is 0 Å². The first kappa shape index (κ1) is 26.1. The van der Waals surface area contributed by atoms with Gasteiger partial charge in [0.1, 0.15) is 17.1 Å². The van der Waals surface area contributed by atoms with Crippen LogP contribution in [0.3, 0.4) is 0 Å². The van der Waals surface area contributed by atoms with Crippen LogP contribution in [0.4, 0.5) is 0 Å². The van der Waals surface area contributed by atoms with E-state index >= 15 is 0 Å². The maximum atomic E-state index is 11.8. The van der Waals surface area contributed by atoms with Gasteiger partial charge in [-0.2, -0.15) is 0 Å². The second-order valence-corrected chi connectivity index (χ2v) is 7.38. The minimum Gasteiger partial charge on any atom is -0.465 e. The van der Waals surface area contributed by atoms with Crippen LogP contribution in [-0.4, -0.2) is 56.8 Å². The van der Waals surface area contributed by atoms with E-state index in [1.165, 1.54) is 18.2 Å². The van der Waals surface area contributed by atoms with Crippen molar-refractivity contribution in [2.24, 2.45) is 4.99 Å². The molecule has 176 valence electrons. The Morgan fingerprint density at radius 3 is 2.59 bits per heavy atom. The number of ether oxygens (including phenoxy) is 2. The summed E-state index contributed by atoms with van der Waals surface area (Å²) in [6, 6.07) is 10.1. The second kappa shape index (κ2) is 13.4. The highest BCUT2D eigenvalue weighted by Crippen LogP contribution is 2.16. The Bertz CT molecular complexity index is 894. The first-order valence-electron chi connectivity index (χ1n) is 10.7.